The van der Waals surface area contributed by atoms with Crippen molar-refractivity contribution >= 4 is 17.5 Å². The van der Waals surface area contributed by atoms with Crippen LogP contribution < -0.4 is 11.0 Å². The number of hydrogen-bond donors (Lipinski definition) is 2. The van der Waals surface area contributed by atoms with E-state index in [1.165, 1.54) is 16.0 Å². The highest BCUT2D eigenvalue weighted by Gasteiger charge is 2.33. The minimum atomic E-state index is -1.30. The van der Waals surface area contributed by atoms with Crippen molar-refractivity contribution in [2.45, 2.75) is 45.2 Å². The zero-order valence-electron chi connectivity index (χ0n) is 13.2. The molecule has 8 nitrogen and oxygen atoms in total. The Kier molecular flexibility index (Phi) is 4.83. The number of pyridine rings is 1. The smallest absolute Gasteiger partial charge is 0.350 e. The van der Waals surface area contributed by atoms with E-state index in [1.54, 1.807) is 24.4 Å². The van der Waals surface area contributed by atoms with Crippen LogP contribution in [0.15, 0.2) is 29.2 Å². The Morgan fingerprint density at radius 2 is 2.13 bits per heavy atom. The fourth-order valence-corrected chi connectivity index (χ4v) is 2.41. The van der Waals surface area contributed by atoms with Gasteiger partial charge in [-0.25, -0.2) is 14.3 Å². The van der Waals surface area contributed by atoms with Crippen molar-refractivity contribution in [3.8, 4) is 0 Å². The zero-order chi connectivity index (χ0) is 17.0. The Bertz CT molecular complexity index is 779. The minimum absolute atomic E-state index is 0.0175. The van der Waals surface area contributed by atoms with E-state index in [-0.39, 0.29) is 18.7 Å². The van der Waals surface area contributed by atoms with Crippen molar-refractivity contribution in [1.29, 1.82) is 0 Å². The molecular weight excluding hydrogens is 300 g/mol. The zero-order valence-corrected chi connectivity index (χ0v) is 13.2. The molecule has 0 aromatic carbocycles. The van der Waals surface area contributed by atoms with Crippen molar-refractivity contribution in [2.24, 2.45) is 0 Å². The van der Waals surface area contributed by atoms with Crippen LogP contribution in [-0.4, -0.2) is 36.7 Å². The van der Waals surface area contributed by atoms with Crippen LogP contribution in [0.2, 0.25) is 0 Å². The molecule has 2 heterocycles. The molecule has 0 saturated carbocycles. The van der Waals surface area contributed by atoms with E-state index < -0.39 is 17.4 Å². The number of aryl methyl sites for hydroxylation is 1. The third kappa shape index (κ3) is 3.58. The third-order valence-electron chi connectivity index (χ3n) is 3.68. The van der Waals surface area contributed by atoms with Gasteiger partial charge in [-0.3, -0.25) is 9.20 Å². The maximum Gasteiger partial charge on any atom is 0.350 e. The Morgan fingerprint density at radius 1 is 1.39 bits per heavy atom. The van der Waals surface area contributed by atoms with E-state index >= 15 is 0 Å². The molecule has 0 fully saturated rings. The number of fused-ring (bicyclic) bond motifs is 1. The molecule has 0 aliphatic heterocycles. The number of carboxylic acid groups (broad SMARTS) is 1. The van der Waals surface area contributed by atoms with E-state index in [0.717, 1.165) is 0 Å². The molecule has 0 radical (unpaired) electrons. The first-order valence-corrected chi connectivity index (χ1v) is 7.46. The lowest BCUT2D eigenvalue weighted by Gasteiger charge is -2.25. The fourth-order valence-electron chi connectivity index (χ4n) is 2.41. The lowest BCUT2D eigenvalue weighted by Crippen LogP contribution is -2.52. The van der Waals surface area contributed by atoms with Crippen molar-refractivity contribution in [2.75, 3.05) is 0 Å². The summed E-state index contributed by atoms with van der Waals surface area (Å²) in [5, 5.41) is 15.9. The summed E-state index contributed by atoms with van der Waals surface area (Å²) < 4.78 is 2.59. The molecule has 0 aliphatic rings. The summed E-state index contributed by atoms with van der Waals surface area (Å²) >= 11 is 0. The Balaban J connectivity index is 2.04. The Morgan fingerprint density at radius 3 is 2.74 bits per heavy atom. The monoisotopic (exact) mass is 320 g/mol. The maximum atomic E-state index is 12.1. The van der Waals surface area contributed by atoms with E-state index in [9.17, 15) is 19.5 Å². The first-order chi connectivity index (χ1) is 10.9. The molecule has 0 aliphatic carbocycles. The number of nitrogens with zero attached hydrogens (tertiary/aromatic N) is 3. The van der Waals surface area contributed by atoms with Gasteiger partial charge in [0.05, 0.1) is 6.54 Å². The molecular formula is C15H20N4O4. The first-order valence-electron chi connectivity index (χ1n) is 7.46. The standard InChI is InChI=1S/C15H20N4O4/c1-3-8-15(2,13(21)22)16-12(20)7-10-19-14(23)18-9-5-4-6-11(18)17-19/h4-6,9H,3,7-8,10H2,1-2H3,(H,16,20)(H,21,22). The van der Waals surface area contributed by atoms with Crippen LogP contribution in [-0.2, 0) is 16.1 Å². The average Bonchev–Trinajstić information content (AvgIpc) is 2.82. The van der Waals surface area contributed by atoms with Gasteiger partial charge in [-0.1, -0.05) is 19.4 Å². The number of carbonyl (C=O) groups excluding carboxylic acids is 1. The molecule has 2 rings (SSSR count). The van der Waals surface area contributed by atoms with Gasteiger partial charge < -0.3 is 10.4 Å². The number of amides is 1. The topological polar surface area (TPSA) is 106 Å². The van der Waals surface area contributed by atoms with Crippen LogP contribution >= 0.6 is 0 Å². The number of nitrogens with one attached hydrogen (secondary N) is 1. The molecule has 8 heteroatoms. The number of hydrogen-bond acceptors (Lipinski definition) is 4. The summed E-state index contributed by atoms with van der Waals surface area (Å²) in [5.74, 6) is -1.50. The molecule has 0 saturated heterocycles. The van der Waals surface area contributed by atoms with Gasteiger partial charge in [0.2, 0.25) is 5.91 Å². The van der Waals surface area contributed by atoms with Gasteiger partial charge in [0.1, 0.15) is 5.54 Å². The molecule has 23 heavy (non-hydrogen) atoms. The van der Waals surface area contributed by atoms with Crippen LogP contribution in [0, 0.1) is 0 Å². The Hall–Kier alpha value is -2.64. The number of carboxylic acids is 1. The summed E-state index contributed by atoms with van der Waals surface area (Å²) in [6, 6.07) is 5.18. The lowest BCUT2D eigenvalue weighted by molar-refractivity contribution is -0.147. The van der Waals surface area contributed by atoms with E-state index in [2.05, 4.69) is 10.4 Å². The van der Waals surface area contributed by atoms with Crippen molar-refractivity contribution < 1.29 is 14.7 Å². The van der Waals surface area contributed by atoms with Gasteiger partial charge in [-0.05, 0) is 25.5 Å². The maximum absolute atomic E-state index is 12.1. The minimum Gasteiger partial charge on any atom is -0.480 e. The van der Waals surface area contributed by atoms with Gasteiger partial charge in [0.15, 0.2) is 5.65 Å². The molecule has 1 atom stereocenters. The highest BCUT2D eigenvalue weighted by molar-refractivity contribution is 5.86. The van der Waals surface area contributed by atoms with Gasteiger partial charge >= 0.3 is 11.7 Å². The fraction of sp³-hybridized carbons (Fsp3) is 0.467. The molecule has 2 N–H and O–H groups in total. The summed E-state index contributed by atoms with van der Waals surface area (Å²) in [5.41, 5.74) is -1.13. The first kappa shape index (κ1) is 16.7. The summed E-state index contributed by atoms with van der Waals surface area (Å²) in [7, 11) is 0. The molecule has 2 aromatic heterocycles. The van der Waals surface area contributed by atoms with E-state index in [1.807, 2.05) is 6.92 Å². The van der Waals surface area contributed by atoms with Gasteiger partial charge in [0, 0.05) is 12.6 Å². The number of carbonyl (C=O) groups is 2. The van der Waals surface area contributed by atoms with Crippen LogP contribution in [0.25, 0.3) is 5.65 Å². The second-order valence-corrected chi connectivity index (χ2v) is 5.62. The summed E-state index contributed by atoms with van der Waals surface area (Å²) in [4.78, 5) is 35.4. The average molecular weight is 320 g/mol. The normalized spacial score (nSPS) is 13.7. The van der Waals surface area contributed by atoms with Gasteiger partial charge in [-0.2, -0.15) is 0 Å². The van der Waals surface area contributed by atoms with Crippen molar-refractivity contribution in [3.05, 3.63) is 34.9 Å². The van der Waals surface area contributed by atoms with Crippen LogP contribution in [0.4, 0.5) is 0 Å². The predicted molar refractivity (Wildman–Crippen MR) is 83.2 cm³/mol. The highest BCUT2D eigenvalue weighted by atomic mass is 16.4. The van der Waals surface area contributed by atoms with Crippen LogP contribution in [0.3, 0.4) is 0 Å². The molecule has 0 bridgehead atoms. The largest absolute Gasteiger partial charge is 0.480 e. The second kappa shape index (κ2) is 6.64. The van der Waals surface area contributed by atoms with E-state index in [0.29, 0.717) is 18.5 Å². The molecule has 1 amide bonds. The van der Waals surface area contributed by atoms with Crippen LogP contribution in [0.5, 0.6) is 0 Å². The van der Waals surface area contributed by atoms with Crippen molar-refractivity contribution in [1.82, 2.24) is 19.5 Å². The molecule has 1 unspecified atom stereocenters. The SMILES string of the molecule is CCCC(C)(NC(=O)CCn1nc2ccccn2c1=O)C(=O)O. The van der Waals surface area contributed by atoms with Crippen molar-refractivity contribution in [3.63, 3.8) is 0 Å². The highest BCUT2D eigenvalue weighted by Crippen LogP contribution is 2.12. The lowest BCUT2D eigenvalue weighted by atomic mass is 9.96. The predicted octanol–water partition coefficient (Wildman–Crippen LogP) is 0.646. The summed E-state index contributed by atoms with van der Waals surface area (Å²) in [6.45, 7) is 3.42. The molecule has 0 spiro atoms. The van der Waals surface area contributed by atoms with Gasteiger partial charge in [0.25, 0.3) is 0 Å². The third-order valence-corrected chi connectivity index (χ3v) is 3.68. The molecule has 2 aromatic rings. The number of aromatic nitrogens is 3. The van der Waals surface area contributed by atoms with E-state index in [4.69, 9.17) is 0 Å². The second-order valence-electron chi connectivity index (χ2n) is 5.62. The van der Waals surface area contributed by atoms with Crippen LogP contribution in [0.1, 0.15) is 33.1 Å². The quantitative estimate of drug-likeness (QED) is 0.779. The molecule has 124 valence electrons. The number of aliphatic carboxylic acids is 1. The summed E-state index contributed by atoms with van der Waals surface area (Å²) in [6.07, 6.45) is 2.55. The number of rotatable bonds is 7. The van der Waals surface area contributed by atoms with Gasteiger partial charge in [-0.15, -0.1) is 5.10 Å². The Labute approximate surface area is 132 Å².